The second-order valence-corrected chi connectivity index (χ2v) is 2.00. The Kier molecular flexibility index (Phi) is 2.05. The van der Waals surface area contributed by atoms with Crippen LogP contribution in [0.1, 0.15) is 0 Å². The summed E-state index contributed by atoms with van der Waals surface area (Å²) in [5.74, 6) is -0.237. The Balaban J connectivity index is 2.94. The number of hydrogen-bond donors (Lipinski definition) is 1. The second-order valence-electron chi connectivity index (χ2n) is 1.60. The molecule has 0 aromatic heterocycles. The fourth-order valence-corrected chi connectivity index (χ4v) is 0.794. The molecule has 1 aromatic carbocycles. The monoisotopic (exact) mass is 189 g/mol. The standard InChI is InChI=1S/C6H5BrFN/c7-9-6-3-1-2-5(8)4-6/h1-4,9H. The van der Waals surface area contributed by atoms with Crippen molar-refractivity contribution in [1.29, 1.82) is 0 Å². The van der Waals surface area contributed by atoms with Crippen LogP contribution in [0.15, 0.2) is 24.3 Å². The molecule has 0 unspecified atom stereocenters. The number of anilines is 1. The molecule has 0 aliphatic rings. The maximum atomic E-state index is 12.3. The predicted octanol–water partition coefficient (Wildman–Crippen LogP) is 2.55. The van der Waals surface area contributed by atoms with Gasteiger partial charge in [-0.2, -0.15) is 0 Å². The van der Waals surface area contributed by atoms with Gasteiger partial charge in [0.2, 0.25) is 0 Å². The molecule has 1 rings (SSSR count). The molecular weight excluding hydrogens is 185 g/mol. The minimum absolute atomic E-state index is 0.237. The maximum absolute atomic E-state index is 12.3. The highest BCUT2D eigenvalue weighted by atomic mass is 79.9. The van der Waals surface area contributed by atoms with Crippen molar-refractivity contribution < 1.29 is 4.39 Å². The maximum Gasteiger partial charge on any atom is 0.125 e. The molecule has 48 valence electrons. The predicted molar refractivity (Wildman–Crippen MR) is 38.9 cm³/mol. The van der Waals surface area contributed by atoms with E-state index in [0.29, 0.717) is 0 Å². The number of hydrogen-bond acceptors (Lipinski definition) is 1. The molecule has 0 atom stereocenters. The lowest BCUT2D eigenvalue weighted by atomic mass is 10.3. The van der Waals surface area contributed by atoms with Crippen LogP contribution in [-0.2, 0) is 0 Å². The average molecular weight is 190 g/mol. The van der Waals surface area contributed by atoms with E-state index in [2.05, 4.69) is 20.5 Å². The van der Waals surface area contributed by atoms with Crippen molar-refractivity contribution >= 4 is 21.8 Å². The van der Waals surface area contributed by atoms with E-state index in [-0.39, 0.29) is 5.82 Å². The van der Waals surface area contributed by atoms with Crippen LogP contribution in [0.2, 0.25) is 0 Å². The van der Waals surface area contributed by atoms with Gasteiger partial charge in [-0.05, 0) is 18.2 Å². The summed E-state index contributed by atoms with van der Waals surface area (Å²) in [7, 11) is 0. The highest BCUT2D eigenvalue weighted by Crippen LogP contribution is 2.09. The Hall–Kier alpha value is -0.570. The van der Waals surface area contributed by atoms with Gasteiger partial charge >= 0.3 is 0 Å². The molecule has 0 radical (unpaired) electrons. The molecule has 0 bridgehead atoms. The van der Waals surface area contributed by atoms with Gasteiger partial charge in [0.1, 0.15) is 5.82 Å². The summed E-state index contributed by atoms with van der Waals surface area (Å²) in [5, 5.41) is 0. The van der Waals surface area contributed by atoms with Gasteiger partial charge in [-0.1, -0.05) is 6.07 Å². The molecular formula is C6H5BrFN. The van der Waals surface area contributed by atoms with Gasteiger partial charge in [0.05, 0.1) is 0 Å². The summed E-state index contributed by atoms with van der Waals surface area (Å²) >= 11 is 2.97. The lowest BCUT2D eigenvalue weighted by Gasteiger charge is -1.94. The quantitative estimate of drug-likeness (QED) is 0.671. The van der Waals surface area contributed by atoms with Crippen LogP contribution in [0.25, 0.3) is 0 Å². The van der Waals surface area contributed by atoms with Gasteiger partial charge in [0, 0.05) is 21.8 Å². The molecule has 3 heteroatoms. The highest BCUT2D eigenvalue weighted by molar-refractivity contribution is 9.10. The van der Waals surface area contributed by atoms with E-state index in [1.807, 2.05) is 0 Å². The van der Waals surface area contributed by atoms with Gasteiger partial charge in [0.15, 0.2) is 0 Å². The van der Waals surface area contributed by atoms with Gasteiger partial charge < -0.3 is 4.34 Å². The third-order valence-corrected chi connectivity index (χ3v) is 1.39. The molecule has 0 spiro atoms. The van der Waals surface area contributed by atoms with Gasteiger partial charge in [-0.15, -0.1) is 0 Å². The van der Waals surface area contributed by atoms with Crippen molar-refractivity contribution in [3.8, 4) is 0 Å². The van der Waals surface area contributed by atoms with Crippen molar-refractivity contribution in [3.05, 3.63) is 30.1 Å². The molecule has 1 N–H and O–H groups in total. The second kappa shape index (κ2) is 2.82. The Morgan fingerprint density at radius 2 is 2.22 bits per heavy atom. The molecule has 1 aromatic rings. The molecule has 9 heavy (non-hydrogen) atoms. The van der Waals surface area contributed by atoms with Crippen molar-refractivity contribution in [3.63, 3.8) is 0 Å². The van der Waals surface area contributed by atoms with E-state index in [4.69, 9.17) is 0 Å². The SMILES string of the molecule is Fc1cccc(NBr)c1. The van der Waals surface area contributed by atoms with E-state index in [1.165, 1.54) is 12.1 Å². The van der Waals surface area contributed by atoms with Crippen LogP contribution in [0.3, 0.4) is 0 Å². The van der Waals surface area contributed by atoms with E-state index in [9.17, 15) is 4.39 Å². The molecule has 0 saturated carbocycles. The first-order chi connectivity index (χ1) is 4.33. The lowest BCUT2D eigenvalue weighted by molar-refractivity contribution is 0.628. The zero-order valence-electron chi connectivity index (χ0n) is 4.57. The number of rotatable bonds is 1. The van der Waals surface area contributed by atoms with E-state index < -0.39 is 0 Å². The molecule has 0 aliphatic carbocycles. The van der Waals surface area contributed by atoms with Crippen LogP contribution in [0.4, 0.5) is 10.1 Å². The minimum Gasteiger partial charge on any atom is -0.322 e. The third-order valence-electron chi connectivity index (χ3n) is 0.934. The van der Waals surface area contributed by atoms with E-state index in [0.717, 1.165) is 5.69 Å². The fraction of sp³-hybridized carbons (Fsp3) is 0. The Morgan fingerprint density at radius 3 is 2.67 bits per heavy atom. The van der Waals surface area contributed by atoms with Crippen molar-refractivity contribution in [2.24, 2.45) is 0 Å². The van der Waals surface area contributed by atoms with Crippen LogP contribution in [0.5, 0.6) is 0 Å². The zero-order valence-corrected chi connectivity index (χ0v) is 6.15. The topological polar surface area (TPSA) is 12.0 Å². The van der Waals surface area contributed by atoms with Crippen molar-refractivity contribution in [2.75, 3.05) is 4.34 Å². The first-order valence-electron chi connectivity index (χ1n) is 2.45. The van der Waals surface area contributed by atoms with Crippen LogP contribution in [0, 0.1) is 5.82 Å². The number of benzene rings is 1. The first-order valence-corrected chi connectivity index (χ1v) is 3.24. The van der Waals surface area contributed by atoms with Crippen molar-refractivity contribution in [1.82, 2.24) is 0 Å². The van der Waals surface area contributed by atoms with Crippen LogP contribution in [-0.4, -0.2) is 0 Å². The van der Waals surface area contributed by atoms with Gasteiger partial charge in [-0.3, -0.25) is 0 Å². The summed E-state index contributed by atoms with van der Waals surface area (Å²) in [6.45, 7) is 0. The van der Waals surface area contributed by atoms with Gasteiger partial charge in [0.25, 0.3) is 0 Å². The van der Waals surface area contributed by atoms with Crippen LogP contribution >= 0.6 is 16.1 Å². The summed E-state index contributed by atoms with van der Waals surface area (Å²) in [6, 6.07) is 6.19. The van der Waals surface area contributed by atoms with Crippen LogP contribution < -0.4 is 4.34 Å². The smallest absolute Gasteiger partial charge is 0.125 e. The summed E-state index contributed by atoms with van der Waals surface area (Å²) < 4.78 is 14.9. The average Bonchev–Trinajstić information content (AvgIpc) is 1.88. The largest absolute Gasteiger partial charge is 0.322 e. The van der Waals surface area contributed by atoms with Gasteiger partial charge in [-0.25, -0.2) is 4.39 Å². The first kappa shape index (κ1) is 6.55. The number of halogens is 2. The molecule has 0 aliphatic heterocycles. The van der Waals surface area contributed by atoms with E-state index in [1.54, 1.807) is 12.1 Å². The number of nitrogens with one attached hydrogen (secondary N) is 1. The fourth-order valence-electron chi connectivity index (χ4n) is 0.547. The molecule has 0 heterocycles. The Labute approximate surface area is 61.2 Å². The summed E-state index contributed by atoms with van der Waals surface area (Å²) in [5.41, 5.74) is 0.718. The Morgan fingerprint density at radius 1 is 1.44 bits per heavy atom. The Bertz CT molecular complexity index is 202. The molecule has 0 saturated heterocycles. The molecule has 1 nitrogen and oxygen atoms in total. The zero-order chi connectivity index (χ0) is 6.69. The summed E-state index contributed by atoms with van der Waals surface area (Å²) in [6.07, 6.45) is 0. The normalized spacial score (nSPS) is 9.11. The molecule has 0 amide bonds. The third kappa shape index (κ3) is 1.68. The summed E-state index contributed by atoms with van der Waals surface area (Å²) in [4.78, 5) is 0. The minimum atomic E-state index is -0.237. The highest BCUT2D eigenvalue weighted by Gasteiger charge is 1.89. The van der Waals surface area contributed by atoms with Crippen molar-refractivity contribution in [2.45, 2.75) is 0 Å². The molecule has 0 fully saturated rings. The van der Waals surface area contributed by atoms with E-state index >= 15 is 0 Å². The lowest BCUT2D eigenvalue weighted by Crippen LogP contribution is -1.79.